The molecule has 0 aliphatic carbocycles. The van der Waals surface area contributed by atoms with Crippen LogP contribution in [0.4, 0.5) is 0 Å². The van der Waals surface area contributed by atoms with Gasteiger partial charge in [0.25, 0.3) is 0 Å². The molecule has 0 saturated carbocycles. The summed E-state index contributed by atoms with van der Waals surface area (Å²) in [6.07, 6.45) is 1.34. The smallest absolute Gasteiger partial charge is 0.0193 e. The molecule has 0 aromatic carbocycles. The van der Waals surface area contributed by atoms with Crippen LogP contribution in [-0.4, -0.2) is 50.2 Å². The normalized spacial score (nSPS) is 37.6. The minimum atomic E-state index is 0. The molecule has 0 aromatic heterocycles. The number of piperazine rings is 1. The Labute approximate surface area is 99.4 Å². The van der Waals surface area contributed by atoms with E-state index in [9.17, 15) is 0 Å². The van der Waals surface area contributed by atoms with E-state index in [0.717, 1.165) is 13.1 Å². The fourth-order valence-corrected chi connectivity index (χ4v) is 2.61. The molecule has 90 valence electrons. The average Bonchev–Trinajstić information content (AvgIpc) is 2.57. The van der Waals surface area contributed by atoms with Gasteiger partial charge in [-0.2, -0.15) is 0 Å². The van der Waals surface area contributed by atoms with E-state index in [1.807, 2.05) is 0 Å². The predicted octanol–water partition coefficient (Wildman–Crippen LogP) is 0.701. The van der Waals surface area contributed by atoms with Crippen molar-refractivity contribution in [3.63, 3.8) is 0 Å². The van der Waals surface area contributed by atoms with Gasteiger partial charge in [0, 0.05) is 38.8 Å². The standard InChI is InChI=1S/C11H23N3.ClH/c1-10-7-12-5-6-14(10)9-11(2)3-4-13-8-11;/h10,12-13H,3-9H2,1-2H3;1H. The third-order valence-electron chi connectivity index (χ3n) is 3.68. The topological polar surface area (TPSA) is 27.3 Å². The minimum Gasteiger partial charge on any atom is -0.316 e. The molecule has 0 bridgehead atoms. The lowest BCUT2D eigenvalue weighted by atomic mass is 9.88. The molecule has 15 heavy (non-hydrogen) atoms. The van der Waals surface area contributed by atoms with E-state index < -0.39 is 0 Å². The summed E-state index contributed by atoms with van der Waals surface area (Å²) >= 11 is 0. The number of hydrogen-bond acceptors (Lipinski definition) is 3. The Kier molecular flexibility index (Phi) is 4.84. The average molecular weight is 234 g/mol. The van der Waals surface area contributed by atoms with E-state index in [1.165, 1.54) is 32.6 Å². The molecule has 3 nitrogen and oxygen atoms in total. The lowest BCUT2D eigenvalue weighted by Gasteiger charge is -2.39. The second-order valence-corrected chi connectivity index (χ2v) is 5.26. The maximum atomic E-state index is 3.47. The summed E-state index contributed by atoms with van der Waals surface area (Å²) in [6.45, 7) is 12.0. The van der Waals surface area contributed by atoms with Crippen molar-refractivity contribution in [3.05, 3.63) is 0 Å². The summed E-state index contributed by atoms with van der Waals surface area (Å²) in [6, 6.07) is 0.709. The van der Waals surface area contributed by atoms with Gasteiger partial charge in [-0.3, -0.25) is 4.90 Å². The van der Waals surface area contributed by atoms with Crippen LogP contribution in [0.25, 0.3) is 0 Å². The number of hydrogen-bond donors (Lipinski definition) is 2. The summed E-state index contributed by atoms with van der Waals surface area (Å²) < 4.78 is 0. The first-order valence-electron chi connectivity index (χ1n) is 5.85. The van der Waals surface area contributed by atoms with Crippen molar-refractivity contribution in [3.8, 4) is 0 Å². The molecule has 0 radical (unpaired) electrons. The summed E-state index contributed by atoms with van der Waals surface area (Å²) in [5.41, 5.74) is 0.519. The van der Waals surface area contributed by atoms with Gasteiger partial charge < -0.3 is 10.6 Å². The molecule has 0 aromatic rings. The van der Waals surface area contributed by atoms with Crippen LogP contribution in [0.15, 0.2) is 0 Å². The van der Waals surface area contributed by atoms with Gasteiger partial charge in [0.05, 0.1) is 0 Å². The highest BCUT2D eigenvalue weighted by Crippen LogP contribution is 2.26. The van der Waals surface area contributed by atoms with Crippen LogP contribution in [0.1, 0.15) is 20.3 Å². The highest BCUT2D eigenvalue weighted by atomic mass is 35.5. The van der Waals surface area contributed by atoms with Crippen molar-refractivity contribution in [2.75, 3.05) is 39.3 Å². The summed E-state index contributed by atoms with van der Waals surface area (Å²) in [5, 5.41) is 6.92. The maximum absolute atomic E-state index is 3.47. The highest BCUT2D eigenvalue weighted by molar-refractivity contribution is 5.85. The Morgan fingerprint density at radius 1 is 1.33 bits per heavy atom. The van der Waals surface area contributed by atoms with E-state index in [0.29, 0.717) is 11.5 Å². The molecule has 2 unspecified atom stereocenters. The first kappa shape index (κ1) is 13.2. The zero-order chi connectivity index (χ0) is 10.0. The molecular weight excluding hydrogens is 210 g/mol. The number of nitrogens with zero attached hydrogens (tertiary/aromatic N) is 1. The van der Waals surface area contributed by atoms with Crippen molar-refractivity contribution < 1.29 is 0 Å². The number of rotatable bonds is 2. The predicted molar refractivity (Wildman–Crippen MR) is 66.7 cm³/mol. The Balaban J connectivity index is 0.00000112. The molecule has 2 heterocycles. The molecule has 2 aliphatic heterocycles. The SMILES string of the molecule is CC1CNCCN1CC1(C)CCNC1.Cl. The molecule has 4 heteroatoms. The third-order valence-corrected chi connectivity index (χ3v) is 3.68. The van der Waals surface area contributed by atoms with Gasteiger partial charge in [0.1, 0.15) is 0 Å². The molecule has 2 aliphatic rings. The van der Waals surface area contributed by atoms with Crippen LogP contribution in [0.3, 0.4) is 0 Å². The molecule has 0 spiro atoms. The van der Waals surface area contributed by atoms with E-state index in [2.05, 4.69) is 29.4 Å². The Morgan fingerprint density at radius 2 is 2.13 bits per heavy atom. The van der Waals surface area contributed by atoms with Crippen molar-refractivity contribution in [1.29, 1.82) is 0 Å². The molecule has 2 atom stereocenters. The third kappa shape index (κ3) is 3.31. The van der Waals surface area contributed by atoms with Gasteiger partial charge in [0.15, 0.2) is 0 Å². The lowest BCUT2D eigenvalue weighted by molar-refractivity contribution is 0.115. The van der Waals surface area contributed by atoms with Crippen LogP contribution < -0.4 is 10.6 Å². The van der Waals surface area contributed by atoms with Crippen LogP contribution in [0.2, 0.25) is 0 Å². The summed E-state index contributed by atoms with van der Waals surface area (Å²) in [7, 11) is 0. The lowest BCUT2D eigenvalue weighted by Crippen LogP contribution is -2.53. The Hall–Kier alpha value is 0.170. The summed E-state index contributed by atoms with van der Waals surface area (Å²) in [5.74, 6) is 0. The van der Waals surface area contributed by atoms with E-state index in [4.69, 9.17) is 0 Å². The van der Waals surface area contributed by atoms with Crippen molar-refractivity contribution in [1.82, 2.24) is 15.5 Å². The molecule has 2 fully saturated rings. The number of halogens is 1. The van der Waals surface area contributed by atoms with Crippen LogP contribution in [0.5, 0.6) is 0 Å². The first-order chi connectivity index (χ1) is 6.70. The Morgan fingerprint density at radius 3 is 2.73 bits per heavy atom. The quantitative estimate of drug-likeness (QED) is 0.736. The van der Waals surface area contributed by atoms with Gasteiger partial charge in [-0.15, -0.1) is 12.4 Å². The Bertz CT molecular complexity index is 192. The van der Waals surface area contributed by atoms with Crippen LogP contribution in [0, 0.1) is 5.41 Å². The second-order valence-electron chi connectivity index (χ2n) is 5.26. The van der Waals surface area contributed by atoms with Gasteiger partial charge in [0.2, 0.25) is 0 Å². The van der Waals surface area contributed by atoms with Crippen LogP contribution in [-0.2, 0) is 0 Å². The van der Waals surface area contributed by atoms with Gasteiger partial charge in [-0.1, -0.05) is 6.92 Å². The highest BCUT2D eigenvalue weighted by Gasteiger charge is 2.32. The molecule has 2 saturated heterocycles. The molecule has 2 N–H and O–H groups in total. The zero-order valence-corrected chi connectivity index (χ0v) is 10.7. The summed E-state index contributed by atoms with van der Waals surface area (Å²) in [4.78, 5) is 2.64. The van der Waals surface area contributed by atoms with Gasteiger partial charge >= 0.3 is 0 Å². The fraction of sp³-hybridized carbons (Fsp3) is 1.00. The van der Waals surface area contributed by atoms with E-state index in [-0.39, 0.29) is 12.4 Å². The van der Waals surface area contributed by atoms with Gasteiger partial charge in [-0.25, -0.2) is 0 Å². The largest absolute Gasteiger partial charge is 0.316 e. The van der Waals surface area contributed by atoms with Gasteiger partial charge in [-0.05, 0) is 25.3 Å². The second kappa shape index (κ2) is 5.48. The maximum Gasteiger partial charge on any atom is 0.0193 e. The van der Waals surface area contributed by atoms with E-state index >= 15 is 0 Å². The minimum absolute atomic E-state index is 0. The molecule has 0 amide bonds. The zero-order valence-electron chi connectivity index (χ0n) is 9.88. The molecular formula is C11H24ClN3. The van der Waals surface area contributed by atoms with Crippen molar-refractivity contribution >= 4 is 12.4 Å². The number of nitrogens with one attached hydrogen (secondary N) is 2. The first-order valence-corrected chi connectivity index (χ1v) is 5.85. The van der Waals surface area contributed by atoms with Crippen molar-refractivity contribution in [2.45, 2.75) is 26.3 Å². The molecule has 2 rings (SSSR count). The van der Waals surface area contributed by atoms with Crippen molar-refractivity contribution in [2.24, 2.45) is 5.41 Å². The van der Waals surface area contributed by atoms with Crippen LogP contribution >= 0.6 is 12.4 Å². The monoisotopic (exact) mass is 233 g/mol. The van der Waals surface area contributed by atoms with E-state index in [1.54, 1.807) is 0 Å². The fourth-order valence-electron chi connectivity index (χ4n) is 2.61.